The van der Waals surface area contributed by atoms with Crippen molar-refractivity contribution in [1.29, 1.82) is 0 Å². The quantitative estimate of drug-likeness (QED) is 0.740. The molecule has 0 fully saturated rings. The van der Waals surface area contributed by atoms with Crippen molar-refractivity contribution in [3.63, 3.8) is 0 Å². The molecule has 0 aliphatic heterocycles. The monoisotopic (exact) mass is 329 g/mol. The van der Waals surface area contributed by atoms with E-state index in [0.29, 0.717) is 29.0 Å². The maximum atomic E-state index is 13.6. The minimum Gasteiger partial charge on any atom is -0.349 e. The fourth-order valence-electron chi connectivity index (χ4n) is 1.96. The van der Waals surface area contributed by atoms with Crippen molar-refractivity contribution < 1.29 is 4.39 Å². The zero-order valence-electron chi connectivity index (χ0n) is 12.0. The smallest absolute Gasteiger partial charge is 0.244 e. The van der Waals surface area contributed by atoms with Crippen molar-refractivity contribution in [2.24, 2.45) is 0 Å². The lowest BCUT2D eigenvalue weighted by molar-refractivity contribution is 0.631. The van der Waals surface area contributed by atoms with Crippen LogP contribution in [0.4, 0.5) is 21.8 Å². The van der Waals surface area contributed by atoms with Crippen LogP contribution in [0.3, 0.4) is 0 Å². The third-order valence-electron chi connectivity index (χ3n) is 3.09. The molecule has 1 heterocycles. The SMILES string of the molecule is Fc1ccccc1Nc1cnnc(NCc2ccccc2Cl)n1. The van der Waals surface area contributed by atoms with E-state index in [2.05, 4.69) is 25.8 Å². The zero-order chi connectivity index (χ0) is 16.1. The van der Waals surface area contributed by atoms with Gasteiger partial charge in [-0.05, 0) is 23.8 Å². The van der Waals surface area contributed by atoms with E-state index in [1.54, 1.807) is 18.2 Å². The molecule has 3 aromatic rings. The molecule has 0 aliphatic rings. The molecule has 3 rings (SSSR count). The molecular formula is C16H13ClFN5. The fraction of sp³-hybridized carbons (Fsp3) is 0.0625. The highest BCUT2D eigenvalue weighted by Crippen LogP contribution is 2.19. The summed E-state index contributed by atoms with van der Waals surface area (Å²) in [6, 6.07) is 13.8. The van der Waals surface area contributed by atoms with E-state index in [-0.39, 0.29) is 5.82 Å². The number of para-hydroxylation sites is 1. The highest BCUT2D eigenvalue weighted by atomic mass is 35.5. The van der Waals surface area contributed by atoms with E-state index in [1.807, 2.05) is 24.3 Å². The predicted octanol–water partition coefficient (Wildman–Crippen LogP) is 4.02. The molecule has 116 valence electrons. The van der Waals surface area contributed by atoms with Gasteiger partial charge in [-0.1, -0.05) is 41.9 Å². The number of benzene rings is 2. The molecule has 0 atom stereocenters. The molecular weight excluding hydrogens is 317 g/mol. The van der Waals surface area contributed by atoms with Crippen molar-refractivity contribution in [3.05, 3.63) is 71.1 Å². The van der Waals surface area contributed by atoms with Gasteiger partial charge >= 0.3 is 0 Å². The van der Waals surface area contributed by atoms with Crippen molar-refractivity contribution in [2.45, 2.75) is 6.54 Å². The van der Waals surface area contributed by atoms with E-state index in [4.69, 9.17) is 11.6 Å². The first kappa shape index (κ1) is 15.2. The molecule has 2 N–H and O–H groups in total. The van der Waals surface area contributed by atoms with Crippen molar-refractivity contribution in [3.8, 4) is 0 Å². The van der Waals surface area contributed by atoms with Gasteiger partial charge in [0.15, 0.2) is 5.82 Å². The molecule has 0 spiro atoms. The molecule has 1 aromatic heterocycles. The summed E-state index contributed by atoms with van der Waals surface area (Å²) < 4.78 is 13.6. The molecule has 23 heavy (non-hydrogen) atoms. The second-order valence-corrected chi connectivity index (χ2v) is 5.12. The average molecular weight is 330 g/mol. The predicted molar refractivity (Wildman–Crippen MR) is 88.3 cm³/mol. The molecule has 0 bridgehead atoms. The van der Waals surface area contributed by atoms with Crippen LogP contribution in [0, 0.1) is 5.82 Å². The normalized spacial score (nSPS) is 10.3. The van der Waals surface area contributed by atoms with Crippen molar-refractivity contribution >= 4 is 29.1 Å². The minimum atomic E-state index is -0.364. The highest BCUT2D eigenvalue weighted by Gasteiger charge is 2.05. The number of hydrogen-bond donors (Lipinski definition) is 2. The molecule has 0 saturated carbocycles. The van der Waals surface area contributed by atoms with Crippen molar-refractivity contribution in [2.75, 3.05) is 10.6 Å². The van der Waals surface area contributed by atoms with Gasteiger partial charge in [-0.2, -0.15) is 10.1 Å². The van der Waals surface area contributed by atoms with Gasteiger partial charge in [0.25, 0.3) is 0 Å². The minimum absolute atomic E-state index is 0.324. The van der Waals surface area contributed by atoms with Crippen molar-refractivity contribution in [1.82, 2.24) is 15.2 Å². The van der Waals surface area contributed by atoms with E-state index in [0.717, 1.165) is 5.56 Å². The number of hydrogen-bond acceptors (Lipinski definition) is 5. The molecule has 2 aromatic carbocycles. The summed E-state index contributed by atoms with van der Waals surface area (Å²) in [5.41, 5.74) is 1.25. The van der Waals surface area contributed by atoms with E-state index in [9.17, 15) is 4.39 Å². The van der Waals surface area contributed by atoms with Crippen LogP contribution in [-0.2, 0) is 6.54 Å². The maximum Gasteiger partial charge on any atom is 0.244 e. The van der Waals surface area contributed by atoms with Gasteiger partial charge in [0.2, 0.25) is 5.95 Å². The van der Waals surface area contributed by atoms with Crippen LogP contribution in [0.15, 0.2) is 54.7 Å². The Morgan fingerprint density at radius 3 is 2.65 bits per heavy atom. The lowest BCUT2D eigenvalue weighted by Crippen LogP contribution is -2.07. The van der Waals surface area contributed by atoms with Gasteiger partial charge in [-0.3, -0.25) is 0 Å². The Hall–Kier alpha value is -2.73. The number of nitrogens with one attached hydrogen (secondary N) is 2. The number of anilines is 3. The van der Waals surface area contributed by atoms with Crippen LogP contribution >= 0.6 is 11.6 Å². The molecule has 5 nitrogen and oxygen atoms in total. The van der Waals surface area contributed by atoms with Crippen LogP contribution in [0.25, 0.3) is 0 Å². The number of halogens is 2. The molecule has 0 amide bonds. The summed E-state index contributed by atoms with van der Waals surface area (Å²) in [4.78, 5) is 4.25. The standard InChI is InChI=1S/C16H13ClFN5/c17-12-6-2-1-5-11(12)9-19-16-22-15(10-20-23-16)21-14-8-4-3-7-13(14)18/h1-8,10H,9H2,(H2,19,21,22,23). The first-order valence-electron chi connectivity index (χ1n) is 6.91. The lowest BCUT2D eigenvalue weighted by Gasteiger charge is -2.09. The second-order valence-electron chi connectivity index (χ2n) is 4.72. The van der Waals surface area contributed by atoms with Crippen LogP contribution in [0.1, 0.15) is 5.56 Å². The largest absolute Gasteiger partial charge is 0.349 e. The van der Waals surface area contributed by atoms with Gasteiger partial charge in [0.05, 0.1) is 11.9 Å². The summed E-state index contributed by atoms with van der Waals surface area (Å²) in [7, 11) is 0. The van der Waals surface area contributed by atoms with Crippen LogP contribution in [-0.4, -0.2) is 15.2 Å². The summed E-state index contributed by atoms with van der Waals surface area (Å²) in [6.07, 6.45) is 1.42. The Bertz CT molecular complexity index is 812. The van der Waals surface area contributed by atoms with Gasteiger partial charge in [0.1, 0.15) is 5.82 Å². The van der Waals surface area contributed by atoms with Gasteiger partial charge in [-0.25, -0.2) is 4.39 Å². The fourth-order valence-corrected chi connectivity index (χ4v) is 2.16. The summed E-state index contributed by atoms with van der Waals surface area (Å²) in [6.45, 7) is 0.463. The molecule has 0 saturated heterocycles. The highest BCUT2D eigenvalue weighted by molar-refractivity contribution is 6.31. The Balaban J connectivity index is 1.70. The Labute approximate surface area is 137 Å². The van der Waals surface area contributed by atoms with E-state index < -0.39 is 0 Å². The Morgan fingerprint density at radius 1 is 1.04 bits per heavy atom. The third-order valence-corrected chi connectivity index (χ3v) is 3.46. The summed E-state index contributed by atoms with van der Waals surface area (Å²) >= 11 is 6.10. The molecule has 0 radical (unpaired) electrons. The first-order valence-corrected chi connectivity index (χ1v) is 7.29. The number of rotatable bonds is 5. The number of nitrogens with zero attached hydrogens (tertiary/aromatic N) is 3. The first-order chi connectivity index (χ1) is 11.2. The molecule has 0 unspecified atom stereocenters. The summed E-state index contributed by atoms with van der Waals surface area (Å²) in [5.74, 6) is 0.356. The number of aromatic nitrogens is 3. The molecule has 7 heteroatoms. The lowest BCUT2D eigenvalue weighted by atomic mass is 10.2. The zero-order valence-corrected chi connectivity index (χ0v) is 12.8. The maximum absolute atomic E-state index is 13.6. The van der Waals surface area contributed by atoms with Crippen LogP contribution in [0.2, 0.25) is 5.02 Å². The third kappa shape index (κ3) is 3.92. The topological polar surface area (TPSA) is 62.7 Å². The van der Waals surface area contributed by atoms with Gasteiger partial charge in [-0.15, -0.1) is 5.10 Å². The van der Waals surface area contributed by atoms with Crippen LogP contribution in [0.5, 0.6) is 0 Å². The average Bonchev–Trinajstić information content (AvgIpc) is 2.57. The van der Waals surface area contributed by atoms with Gasteiger partial charge in [0, 0.05) is 11.6 Å². The summed E-state index contributed by atoms with van der Waals surface area (Å²) in [5, 5.41) is 14.3. The van der Waals surface area contributed by atoms with Gasteiger partial charge < -0.3 is 10.6 Å². The Morgan fingerprint density at radius 2 is 1.83 bits per heavy atom. The van der Waals surface area contributed by atoms with Crippen LogP contribution < -0.4 is 10.6 Å². The Kier molecular flexibility index (Phi) is 4.63. The second kappa shape index (κ2) is 7.02. The van der Waals surface area contributed by atoms with E-state index in [1.165, 1.54) is 12.3 Å². The molecule has 0 aliphatic carbocycles. The van der Waals surface area contributed by atoms with E-state index >= 15 is 0 Å².